The summed E-state index contributed by atoms with van der Waals surface area (Å²) in [6.45, 7) is 12.7. The number of aliphatic imine (C=N–C) groups is 1. The van der Waals surface area contributed by atoms with Crippen molar-refractivity contribution < 1.29 is 23.8 Å². The monoisotopic (exact) mass is 639 g/mol. The van der Waals surface area contributed by atoms with E-state index in [4.69, 9.17) is 19.2 Å². The fourth-order valence-electron chi connectivity index (χ4n) is 6.30. The van der Waals surface area contributed by atoms with E-state index in [1.807, 2.05) is 107 Å². The highest BCUT2D eigenvalue weighted by Gasteiger charge is 2.37. The van der Waals surface area contributed by atoms with E-state index >= 15 is 0 Å². The standard InChI is InChI=1S/C37H45N5O5/c1-36(2,3)46-34(43)41-19-7-9-31(41)29-21-26(22-38-29)24-11-15-27(16-12-24)45-28-17-13-25(14-18-28)30-23-39-33(40-30)32-10-8-20-42(32)35(44)47-37(4,5)6/h11-18,22-23,31-32H,7-10,19-21H2,1-6H3,(H,39,40)/t31-,32-/m0/s1. The molecule has 10 nitrogen and oxygen atoms in total. The summed E-state index contributed by atoms with van der Waals surface area (Å²) in [7, 11) is 0. The van der Waals surface area contributed by atoms with Crippen molar-refractivity contribution in [3.05, 3.63) is 72.3 Å². The summed E-state index contributed by atoms with van der Waals surface area (Å²) in [5, 5.41) is 0. The Labute approximate surface area is 276 Å². The van der Waals surface area contributed by atoms with Gasteiger partial charge in [-0.25, -0.2) is 14.6 Å². The maximum atomic E-state index is 12.8. The SMILES string of the molecule is CC(C)(C)OC(=O)N1CCC[C@H]1C1=NC=C(c2ccc(Oc3ccc(-c4cnc([C@@H]5CCCN5C(=O)OC(C)(C)C)[nH]4)cc3)cc2)C1. The number of carbonyl (C=O) groups is 2. The second-order valence-electron chi connectivity index (χ2n) is 14.4. The van der Waals surface area contributed by atoms with Crippen LogP contribution in [0.15, 0.2) is 65.9 Å². The number of amides is 2. The van der Waals surface area contributed by atoms with E-state index in [9.17, 15) is 9.59 Å². The fraction of sp³-hybridized carbons (Fsp3) is 0.459. The number of allylic oxidation sites excluding steroid dienone is 1. The van der Waals surface area contributed by atoms with Gasteiger partial charge in [-0.1, -0.05) is 12.1 Å². The number of nitrogens with zero attached hydrogens (tertiary/aromatic N) is 4. The molecule has 10 heteroatoms. The van der Waals surface area contributed by atoms with E-state index in [2.05, 4.69) is 9.97 Å². The molecular formula is C37H45N5O5. The minimum atomic E-state index is -0.541. The Hall–Kier alpha value is -4.60. The summed E-state index contributed by atoms with van der Waals surface area (Å²) in [4.78, 5) is 41.9. The minimum absolute atomic E-state index is 0.0211. The van der Waals surface area contributed by atoms with Crippen LogP contribution in [0.5, 0.6) is 11.5 Å². The van der Waals surface area contributed by atoms with E-state index in [0.29, 0.717) is 19.5 Å². The highest BCUT2D eigenvalue weighted by molar-refractivity contribution is 6.02. The van der Waals surface area contributed by atoms with Crippen molar-refractivity contribution in [2.24, 2.45) is 4.99 Å². The Morgan fingerprint density at radius 3 is 1.87 bits per heavy atom. The number of hydrogen-bond acceptors (Lipinski definition) is 7. The average Bonchev–Trinajstić information content (AvgIpc) is 3.82. The number of carbonyl (C=O) groups excluding carboxylic acids is 2. The summed E-state index contributed by atoms with van der Waals surface area (Å²) in [6, 6.07) is 15.7. The van der Waals surface area contributed by atoms with E-state index in [-0.39, 0.29) is 24.3 Å². The van der Waals surface area contributed by atoms with Crippen molar-refractivity contribution in [1.29, 1.82) is 0 Å². The summed E-state index contributed by atoms with van der Waals surface area (Å²) < 4.78 is 17.4. The molecule has 2 aromatic carbocycles. The summed E-state index contributed by atoms with van der Waals surface area (Å²) in [5.74, 6) is 2.23. The third-order valence-electron chi connectivity index (χ3n) is 8.44. The molecule has 1 aromatic heterocycles. The lowest BCUT2D eigenvalue weighted by molar-refractivity contribution is 0.0216. The molecule has 2 atom stereocenters. The van der Waals surface area contributed by atoms with Crippen LogP contribution in [-0.4, -0.2) is 68.0 Å². The first kappa shape index (κ1) is 32.3. The molecule has 0 spiro atoms. The molecule has 2 fully saturated rings. The van der Waals surface area contributed by atoms with Gasteiger partial charge in [0, 0.05) is 31.4 Å². The van der Waals surface area contributed by atoms with Crippen LogP contribution in [0.25, 0.3) is 16.8 Å². The van der Waals surface area contributed by atoms with Gasteiger partial charge >= 0.3 is 12.2 Å². The number of likely N-dealkylation sites (tertiary alicyclic amines) is 2. The number of ether oxygens (including phenoxy) is 3. The van der Waals surface area contributed by atoms with Gasteiger partial charge in [0.05, 0.1) is 24.0 Å². The van der Waals surface area contributed by atoms with Crippen LogP contribution in [0, 0.1) is 0 Å². The Balaban J connectivity index is 1.03. The lowest BCUT2D eigenvalue weighted by atomic mass is 9.98. The zero-order valence-corrected chi connectivity index (χ0v) is 28.2. The molecule has 0 saturated carbocycles. The number of nitrogens with one attached hydrogen (secondary N) is 1. The summed E-state index contributed by atoms with van der Waals surface area (Å²) in [6.07, 6.45) is 7.47. The van der Waals surface area contributed by atoms with Gasteiger partial charge in [0.1, 0.15) is 28.5 Å². The Kier molecular flexibility index (Phi) is 8.87. The zero-order chi connectivity index (χ0) is 33.3. The number of imidazole rings is 1. The van der Waals surface area contributed by atoms with E-state index in [1.165, 1.54) is 0 Å². The molecule has 0 radical (unpaired) electrons. The zero-order valence-electron chi connectivity index (χ0n) is 28.2. The normalized spacial score (nSPS) is 19.9. The third kappa shape index (κ3) is 7.69. The molecule has 248 valence electrons. The largest absolute Gasteiger partial charge is 0.457 e. The first-order valence-electron chi connectivity index (χ1n) is 16.5. The van der Waals surface area contributed by atoms with Gasteiger partial charge < -0.3 is 19.2 Å². The number of aromatic nitrogens is 2. The van der Waals surface area contributed by atoms with Crippen LogP contribution >= 0.6 is 0 Å². The molecule has 4 heterocycles. The quantitative estimate of drug-likeness (QED) is 0.290. The third-order valence-corrected chi connectivity index (χ3v) is 8.44. The molecule has 3 aliphatic heterocycles. The summed E-state index contributed by atoms with van der Waals surface area (Å²) >= 11 is 0. The first-order valence-corrected chi connectivity index (χ1v) is 16.5. The van der Waals surface area contributed by atoms with E-state index < -0.39 is 11.2 Å². The second kappa shape index (κ2) is 12.9. The van der Waals surface area contributed by atoms with Crippen LogP contribution in [0.2, 0.25) is 0 Å². The lowest BCUT2D eigenvalue weighted by Gasteiger charge is -2.28. The van der Waals surface area contributed by atoms with Crippen LogP contribution in [0.4, 0.5) is 9.59 Å². The smallest absolute Gasteiger partial charge is 0.410 e. The number of rotatable bonds is 6. The van der Waals surface area contributed by atoms with Crippen molar-refractivity contribution in [1.82, 2.24) is 19.8 Å². The van der Waals surface area contributed by atoms with E-state index in [1.54, 1.807) is 4.90 Å². The van der Waals surface area contributed by atoms with Gasteiger partial charge in [-0.05, 0) is 120 Å². The molecule has 47 heavy (non-hydrogen) atoms. The maximum absolute atomic E-state index is 12.8. The van der Waals surface area contributed by atoms with Crippen molar-refractivity contribution in [2.45, 2.75) is 96.9 Å². The van der Waals surface area contributed by atoms with Gasteiger partial charge in [0.25, 0.3) is 0 Å². The lowest BCUT2D eigenvalue weighted by Crippen LogP contribution is -2.43. The molecule has 0 aliphatic carbocycles. The van der Waals surface area contributed by atoms with Gasteiger partial charge in [0.2, 0.25) is 0 Å². The fourth-order valence-corrected chi connectivity index (χ4v) is 6.30. The van der Waals surface area contributed by atoms with Gasteiger partial charge in [0.15, 0.2) is 0 Å². The Bertz CT molecular complexity index is 1660. The van der Waals surface area contributed by atoms with Gasteiger partial charge in [-0.3, -0.25) is 14.8 Å². The number of benzene rings is 2. The average molecular weight is 640 g/mol. The van der Waals surface area contributed by atoms with Gasteiger partial charge in [-0.15, -0.1) is 0 Å². The van der Waals surface area contributed by atoms with Crippen LogP contribution in [0.3, 0.4) is 0 Å². The van der Waals surface area contributed by atoms with Crippen molar-refractivity contribution in [3.63, 3.8) is 0 Å². The summed E-state index contributed by atoms with van der Waals surface area (Å²) in [5.41, 5.74) is 4.00. The number of hydrogen-bond donors (Lipinski definition) is 1. The van der Waals surface area contributed by atoms with Crippen LogP contribution < -0.4 is 4.74 Å². The molecule has 3 aliphatic rings. The Morgan fingerprint density at radius 1 is 0.766 bits per heavy atom. The highest BCUT2D eigenvalue weighted by Crippen LogP contribution is 2.35. The topological polar surface area (TPSA) is 109 Å². The Morgan fingerprint density at radius 2 is 1.30 bits per heavy atom. The molecule has 0 unspecified atom stereocenters. The molecule has 2 amide bonds. The molecule has 0 bridgehead atoms. The number of aromatic amines is 1. The minimum Gasteiger partial charge on any atom is -0.457 e. The predicted molar refractivity (Wildman–Crippen MR) is 181 cm³/mol. The predicted octanol–water partition coefficient (Wildman–Crippen LogP) is 8.53. The molecule has 6 rings (SSSR count). The molecule has 1 N–H and O–H groups in total. The van der Waals surface area contributed by atoms with Crippen molar-refractivity contribution >= 4 is 23.5 Å². The highest BCUT2D eigenvalue weighted by atomic mass is 16.6. The van der Waals surface area contributed by atoms with Crippen molar-refractivity contribution in [2.75, 3.05) is 13.1 Å². The maximum Gasteiger partial charge on any atom is 0.410 e. The van der Waals surface area contributed by atoms with Crippen LogP contribution in [0.1, 0.15) is 91.1 Å². The first-order chi connectivity index (χ1) is 22.3. The second-order valence-corrected chi connectivity index (χ2v) is 14.4. The van der Waals surface area contributed by atoms with E-state index in [0.717, 1.165) is 71.1 Å². The van der Waals surface area contributed by atoms with Crippen LogP contribution in [-0.2, 0) is 9.47 Å². The number of H-pyrrole nitrogens is 1. The van der Waals surface area contributed by atoms with Gasteiger partial charge in [-0.2, -0.15) is 0 Å². The molecule has 2 saturated heterocycles. The molecular weight excluding hydrogens is 594 g/mol. The molecule has 3 aromatic rings. The van der Waals surface area contributed by atoms with Crippen molar-refractivity contribution in [3.8, 4) is 22.8 Å².